The maximum Gasteiger partial charge on any atom is 0.141 e. The molecule has 0 aromatic carbocycles. The van der Waals surface area contributed by atoms with Gasteiger partial charge >= 0.3 is 0 Å². The second-order valence-corrected chi connectivity index (χ2v) is 2.56. The Bertz CT molecular complexity index is 408. The molecule has 0 fully saturated rings. The van der Waals surface area contributed by atoms with Gasteiger partial charge in [0.1, 0.15) is 12.1 Å². The molecule has 0 aliphatic heterocycles. The summed E-state index contributed by atoms with van der Waals surface area (Å²) in [6.45, 7) is 1.94. The van der Waals surface area contributed by atoms with Crippen LogP contribution in [0.15, 0.2) is 18.6 Å². The van der Waals surface area contributed by atoms with E-state index in [1.165, 1.54) is 0 Å². The zero-order chi connectivity index (χ0) is 8.55. The highest BCUT2D eigenvalue weighted by Gasteiger charge is 2.00. The molecule has 0 saturated heterocycles. The fourth-order valence-electron chi connectivity index (χ4n) is 1.10. The van der Waals surface area contributed by atoms with Gasteiger partial charge in [-0.15, -0.1) is 0 Å². The standard InChI is InChI=1S/C8H9N3O/c1-6-8-3-7(12-2)4-10-11(8)5-9-6/h3-5H,1-2H3. The summed E-state index contributed by atoms with van der Waals surface area (Å²) < 4.78 is 6.76. The van der Waals surface area contributed by atoms with E-state index >= 15 is 0 Å². The number of hydrogen-bond donors (Lipinski definition) is 0. The summed E-state index contributed by atoms with van der Waals surface area (Å²) in [4.78, 5) is 4.12. The molecule has 0 unspecified atom stereocenters. The molecule has 0 amide bonds. The largest absolute Gasteiger partial charge is 0.495 e. The van der Waals surface area contributed by atoms with E-state index in [-0.39, 0.29) is 0 Å². The van der Waals surface area contributed by atoms with Gasteiger partial charge in [-0.2, -0.15) is 5.10 Å². The summed E-state index contributed by atoms with van der Waals surface area (Å²) in [6.07, 6.45) is 3.35. The van der Waals surface area contributed by atoms with Crippen LogP contribution < -0.4 is 4.74 Å². The van der Waals surface area contributed by atoms with Crippen LogP contribution in [0, 0.1) is 6.92 Å². The molecule has 2 aromatic rings. The highest BCUT2D eigenvalue weighted by Crippen LogP contribution is 2.13. The minimum atomic E-state index is 0.756. The second kappa shape index (κ2) is 2.48. The number of nitrogens with zero attached hydrogens (tertiary/aromatic N) is 3. The normalized spacial score (nSPS) is 10.5. The van der Waals surface area contributed by atoms with Crippen LogP contribution in [0.5, 0.6) is 5.75 Å². The smallest absolute Gasteiger partial charge is 0.141 e. The molecule has 0 radical (unpaired) electrons. The predicted molar refractivity (Wildman–Crippen MR) is 44.3 cm³/mol. The Kier molecular flexibility index (Phi) is 1.46. The van der Waals surface area contributed by atoms with Crippen molar-refractivity contribution in [3.8, 4) is 5.75 Å². The number of hydrogen-bond acceptors (Lipinski definition) is 3. The van der Waals surface area contributed by atoms with Crippen molar-refractivity contribution in [2.24, 2.45) is 0 Å². The van der Waals surface area contributed by atoms with Crippen LogP contribution in [-0.4, -0.2) is 21.7 Å². The SMILES string of the molecule is COc1cnn2cnc(C)c2c1. The molecule has 4 nitrogen and oxygen atoms in total. The number of ether oxygens (including phenoxy) is 1. The first-order chi connectivity index (χ1) is 5.81. The Morgan fingerprint density at radius 3 is 3.08 bits per heavy atom. The Balaban J connectivity index is 2.71. The van der Waals surface area contributed by atoms with Crippen LogP contribution in [0.25, 0.3) is 5.52 Å². The Hall–Kier alpha value is -1.58. The van der Waals surface area contributed by atoms with Crippen molar-refractivity contribution in [3.05, 3.63) is 24.3 Å². The summed E-state index contributed by atoms with van der Waals surface area (Å²) in [7, 11) is 1.62. The van der Waals surface area contributed by atoms with Crippen molar-refractivity contribution in [2.45, 2.75) is 6.92 Å². The molecule has 4 heteroatoms. The summed E-state index contributed by atoms with van der Waals surface area (Å²) in [5.41, 5.74) is 1.94. The topological polar surface area (TPSA) is 39.4 Å². The molecule has 0 spiro atoms. The zero-order valence-electron chi connectivity index (χ0n) is 6.98. The van der Waals surface area contributed by atoms with Crippen molar-refractivity contribution < 1.29 is 4.74 Å². The minimum Gasteiger partial charge on any atom is -0.495 e. The zero-order valence-corrected chi connectivity index (χ0v) is 6.98. The van der Waals surface area contributed by atoms with Crippen LogP contribution >= 0.6 is 0 Å². The first-order valence-corrected chi connectivity index (χ1v) is 3.65. The van der Waals surface area contributed by atoms with Gasteiger partial charge in [0.25, 0.3) is 0 Å². The molecule has 0 aliphatic carbocycles. The summed E-state index contributed by atoms with van der Waals surface area (Å²) in [5.74, 6) is 0.756. The Labute approximate surface area is 69.8 Å². The van der Waals surface area contributed by atoms with Gasteiger partial charge < -0.3 is 4.74 Å². The highest BCUT2D eigenvalue weighted by molar-refractivity contribution is 5.53. The molecule has 12 heavy (non-hydrogen) atoms. The number of fused-ring (bicyclic) bond motifs is 1. The van der Waals surface area contributed by atoms with Crippen molar-refractivity contribution in [1.29, 1.82) is 0 Å². The quantitative estimate of drug-likeness (QED) is 0.630. The van der Waals surface area contributed by atoms with Crippen molar-refractivity contribution in [1.82, 2.24) is 14.6 Å². The second-order valence-electron chi connectivity index (χ2n) is 2.56. The van der Waals surface area contributed by atoms with E-state index in [1.807, 2.05) is 13.0 Å². The number of aryl methyl sites for hydroxylation is 1. The molecule has 2 heterocycles. The van der Waals surface area contributed by atoms with Gasteiger partial charge in [-0.3, -0.25) is 0 Å². The third-order valence-electron chi connectivity index (χ3n) is 1.80. The third kappa shape index (κ3) is 0.922. The molecule has 0 bridgehead atoms. The molecule has 0 atom stereocenters. The summed E-state index contributed by atoms with van der Waals surface area (Å²) >= 11 is 0. The maximum atomic E-state index is 5.04. The van der Waals surface area contributed by atoms with E-state index in [4.69, 9.17) is 4.74 Å². The summed E-state index contributed by atoms with van der Waals surface area (Å²) in [6, 6.07) is 1.91. The van der Waals surface area contributed by atoms with E-state index in [2.05, 4.69) is 10.1 Å². The molecule has 62 valence electrons. The molecule has 0 N–H and O–H groups in total. The number of imidazole rings is 1. The first kappa shape index (κ1) is 7.09. The fourth-order valence-corrected chi connectivity index (χ4v) is 1.10. The van der Waals surface area contributed by atoms with Crippen LogP contribution in [0.2, 0.25) is 0 Å². The van der Waals surface area contributed by atoms with Gasteiger partial charge in [0, 0.05) is 6.07 Å². The molecular weight excluding hydrogens is 154 g/mol. The Morgan fingerprint density at radius 2 is 2.33 bits per heavy atom. The molecule has 2 aromatic heterocycles. The van der Waals surface area contributed by atoms with E-state index in [0.29, 0.717) is 0 Å². The molecule has 0 aliphatic rings. The van der Waals surface area contributed by atoms with E-state index in [0.717, 1.165) is 17.0 Å². The third-order valence-corrected chi connectivity index (χ3v) is 1.80. The van der Waals surface area contributed by atoms with Gasteiger partial charge in [0.15, 0.2) is 0 Å². The lowest BCUT2D eigenvalue weighted by Gasteiger charge is -1.98. The summed E-state index contributed by atoms with van der Waals surface area (Å²) in [5, 5.41) is 4.10. The lowest BCUT2D eigenvalue weighted by atomic mass is 10.4. The van der Waals surface area contributed by atoms with Gasteiger partial charge in [-0.1, -0.05) is 0 Å². The average Bonchev–Trinajstić information content (AvgIpc) is 2.47. The highest BCUT2D eigenvalue weighted by atomic mass is 16.5. The maximum absolute atomic E-state index is 5.04. The van der Waals surface area contributed by atoms with Crippen molar-refractivity contribution >= 4 is 5.52 Å². The average molecular weight is 163 g/mol. The Morgan fingerprint density at radius 1 is 1.50 bits per heavy atom. The molecule has 2 rings (SSSR count). The lowest BCUT2D eigenvalue weighted by molar-refractivity contribution is 0.412. The first-order valence-electron chi connectivity index (χ1n) is 3.65. The number of methoxy groups -OCH3 is 1. The minimum absolute atomic E-state index is 0.756. The number of rotatable bonds is 1. The predicted octanol–water partition coefficient (Wildman–Crippen LogP) is 1.05. The van der Waals surface area contributed by atoms with Gasteiger partial charge in [0.2, 0.25) is 0 Å². The van der Waals surface area contributed by atoms with Gasteiger partial charge in [0.05, 0.1) is 24.5 Å². The molecule has 0 saturated carbocycles. The van der Waals surface area contributed by atoms with E-state index in [9.17, 15) is 0 Å². The van der Waals surface area contributed by atoms with Crippen LogP contribution in [0.4, 0.5) is 0 Å². The van der Waals surface area contributed by atoms with Crippen molar-refractivity contribution in [3.63, 3.8) is 0 Å². The van der Waals surface area contributed by atoms with Gasteiger partial charge in [-0.05, 0) is 6.92 Å². The lowest BCUT2D eigenvalue weighted by Crippen LogP contribution is -1.91. The monoisotopic (exact) mass is 163 g/mol. The van der Waals surface area contributed by atoms with Gasteiger partial charge in [-0.25, -0.2) is 9.50 Å². The van der Waals surface area contributed by atoms with Crippen molar-refractivity contribution in [2.75, 3.05) is 7.11 Å². The number of aromatic nitrogens is 3. The van der Waals surface area contributed by atoms with E-state index in [1.54, 1.807) is 24.1 Å². The van der Waals surface area contributed by atoms with E-state index < -0.39 is 0 Å². The fraction of sp³-hybridized carbons (Fsp3) is 0.250. The molecular formula is C8H9N3O. The van der Waals surface area contributed by atoms with Crippen LogP contribution in [0.1, 0.15) is 5.69 Å². The van der Waals surface area contributed by atoms with Crippen LogP contribution in [0.3, 0.4) is 0 Å². The van der Waals surface area contributed by atoms with Crippen LogP contribution in [-0.2, 0) is 0 Å².